The number of nitrogens with two attached hydrogens (primary N) is 1. The number of aliphatic hydroxyl groups excluding tert-OH is 1. The van der Waals surface area contributed by atoms with Crippen molar-refractivity contribution in [1.82, 2.24) is 14.5 Å². The summed E-state index contributed by atoms with van der Waals surface area (Å²) in [6.07, 6.45) is 6.21. The van der Waals surface area contributed by atoms with Gasteiger partial charge in [0.15, 0.2) is 0 Å². The summed E-state index contributed by atoms with van der Waals surface area (Å²) >= 11 is 0. The van der Waals surface area contributed by atoms with Gasteiger partial charge in [0, 0.05) is 25.3 Å². The Kier molecular flexibility index (Phi) is 4.15. The number of rotatable bonds is 7. The van der Waals surface area contributed by atoms with Crippen molar-refractivity contribution in [1.29, 1.82) is 0 Å². The van der Waals surface area contributed by atoms with Crippen molar-refractivity contribution in [3.8, 4) is 0 Å². The van der Waals surface area contributed by atoms with Crippen LogP contribution in [-0.2, 0) is 6.54 Å². The molecule has 0 aromatic carbocycles. The number of imidazole rings is 1. The number of hydrogen-bond donors (Lipinski definition) is 2. The summed E-state index contributed by atoms with van der Waals surface area (Å²) in [5, 5.41) is 9.08. The van der Waals surface area contributed by atoms with Crippen LogP contribution >= 0.6 is 0 Å². The lowest BCUT2D eigenvalue weighted by atomic mass is 10.2. The van der Waals surface area contributed by atoms with Crippen LogP contribution in [0.1, 0.15) is 31.5 Å². The molecule has 3 N–H and O–H groups in total. The lowest BCUT2D eigenvalue weighted by Crippen LogP contribution is -2.30. The molecule has 17 heavy (non-hydrogen) atoms. The third-order valence-corrected chi connectivity index (χ3v) is 3.42. The molecule has 5 heteroatoms. The minimum atomic E-state index is -0.325. The molecule has 1 fully saturated rings. The molecular formula is C12H22N4O. The van der Waals surface area contributed by atoms with Crippen molar-refractivity contribution in [3.05, 3.63) is 18.2 Å². The third-order valence-electron chi connectivity index (χ3n) is 3.42. The van der Waals surface area contributed by atoms with Crippen molar-refractivity contribution in [2.24, 2.45) is 5.73 Å². The van der Waals surface area contributed by atoms with Crippen LogP contribution < -0.4 is 5.73 Å². The van der Waals surface area contributed by atoms with Crippen LogP contribution in [0.15, 0.2) is 12.5 Å². The summed E-state index contributed by atoms with van der Waals surface area (Å²) in [5.74, 6) is 0. The third kappa shape index (κ3) is 3.06. The molecule has 0 amide bonds. The lowest BCUT2D eigenvalue weighted by Gasteiger charge is -2.21. The molecule has 0 spiro atoms. The van der Waals surface area contributed by atoms with Gasteiger partial charge in [0.2, 0.25) is 0 Å². The average molecular weight is 238 g/mol. The Balaban J connectivity index is 1.91. The number of aromatic nitrogens is 2. The number of hydrogen-bond acceptors (Lipinski definition) is 4. The molecule has 0 bridgehead atoms. The highest BCUT2D eigenvalue weighted by Gasteiger charge is 2.27. The van der Waals surface area contributed by atoms with Crippen molar-refractivity contribution in [3.63, 3.8) is 0 Å². The molecule has 1 aliphatic rings. The maximum Gasteiger partial charge on any atom is 0.0949 e. The van der Waals surface area contributed by atoms with E-state index >= 15 is 0 Å². The van der Waals surface area contributed by atoms with E-state index in [0.29, 0.717) is 0 Å². The molecule has 0 aliphatic heterocycles. The quantitative estimate of drug-likeness (QED) is 0.720. The van der Waals surface area contributed by atoms with Crippen LogP contribution in [0, 0.1) is 0 Å². The Morgan fingerprint density at radius 2 is 2.41 bits per heavy atom. The van der Waals surface area contributed by atoms with Gasteiger partial charge in [0.05, 0.1) is 24.7 Å². The van der Waals surface area contributed by atoms with E-state index in [1.54, 1.807) is 12.5 Å². The van der Waals surface area contributed by atoms with Gasteiger partial charge in [-0.1, -0.05) is 6.92 Å². The second-order valence-electron chi connectivity index (χ2n) is 4.66. The zero-order valence-electron chi connectivity index (χ0n) is 10.4. The molecular weight excluding hydrogens is 216 g/mol. The molecule has 1 aromatic heterocycles. The van der Waals surface area contributed by atoms with Gasteiger partial charge in [0.25, 0.3) is 0 Å². The first-order valence-electron chi connectivity index (χ1n) is 6.36. The molecule has 1 heterocycles. The van der Waals surface area contributed by atoms with Crippen LogP contribution in [0.5, 0.6) is 0 Å². The fourth-order valence-electron chi connectivity index (χ4n) is 2.19. The van der Waals surface area contributed by atoms with E-state index < -0.39 is 0 Å². The van der Waals surface area contributed by atoms with Crippen molar-refractivity contribution in [2.45, 2.75) is 38.4 Å². The maximum atomic E-state index is 9.08. The summed E-state index contributed by atoms with van der Waals surface area (Å²) in [6.45, 7) is 5.19. The van der Waals surface area contributed by atoms with Gasteiger partial charge in [-0.3, -0.25) is 4.90 Å². The summed E-state index contributed by atoms with van der Waals surface area (Å²) in [6, 6.07) is 0.465. The van der Waals surface area contributed by atoms with Gasteiger partial charge in [0.1, 0.15) is 0 Å². The van der Waals surface area contributed by atoms with Crippen LogP contribution in [0.3, 0.4) is 0 Å². The molecule has 1 aromatic rings. The zero-order chi connectivity index (χ0) is 12.3. The Hall–Kier alpha value is -0.910. The first-order chi connectivity index (χ1) is 8.26. The maximum absolute atomic E-state index is 9.08. The van der Waals surface area contributed by atoms with E-state index in [9.17, 15) is 0 Å². The van der Waals surface area contributed by atoms with Gasteiger partial charge in [-0.05, 0) is 19.4 Å². The van der Waals surface area contributed by atoms with Gasteiger partial charge in [-0.2, -0.15) is 0 Å². The first-order valence-corrected chi connectivity index (χ1v) is 6.36. The van der Waals surface area contributed by atoms with Crippen molar-refractivity contribution < 1.29 is 5.11 Å². The monoisotopic (exact) mass is 238 g/mol. The van der Waals surface area contributed by atoms with E-state index in [0.717, 1.165) is 31.4 Å². The fourth-order valence-corrected chi connectivity index (χ4v) is 2.19. The smallest absolute Gasteiger partial charge is 0.0949 e. The van der Waals surface area contributed by atoms with Crippen LogP contribution in [-0.4, -0.2) is 45.3 Å². The van der Waals surface area contributed by atoms with Gasteiger partial charge >= 0.3 is 0 Å². The van der Waals surface area contributed by atoms with E-state index in [4.69, 9.17) is 10.8 Å². The number of nitrogens with zero attached hydrogens (tertiary/aromatic N) is 3. The van der Waals surface area contributed by atoms with E-state index in [-0.39, 0.29) is 12.6 Å². The predicted octanol–water partition coefficient (Wildman–Crippen LogP) is 0.359. The lowest BCUT2D eigenvalue weighted by molar-refractivity contribution is 0.251. The standard InChI is InChI=1S/C12H22N4O/c1-2-15(10-3-4-10)5-6-16-9-14-7-12(16)11(13)8-17/h7,9-11,17H,2-6,8,13H2,1H3. The molecule has 0 saturated heterocycles. The molecule has 1 atom stereocenters. The average Bonchev–Trinajstić information content (AvgIpc) is 3.07. The van der Waals surface area contributed by atoms with Crippen molar-refractivity contribution in [2.75, 3.05) is 19.7 Å². The minimum absolute atomic E-state index is 0.0359. The highest BCUT2D eigenvalue weighted by atomic mass is 16.3. The molecule has 1 unspecified atom stereocenters. The highest BCUT2D eigenvalue weighted by molar-refractivity contribution is 5.04. The Bertz CT molecular complexity index is 348. The predicted molar refractivity (Wildman–Crippen MR) is 66.5 cm³/mol. The largest absolute Gasteiger partial charge is 0.394 e. The highest BCUT2D eigenvalue weighted by Crippen LogP contribution is 2.26. The zero-order valence-corrected chi connectivity index (χ0v) is 10.4. The molecule has 5 nitrogen and oxygen atoms in total. The van der Waals surface area contributed by atoms with Gasteiger partial charge in [-0.25, -0.2) is 4.98 Å². The Labute approximate surface area is 102 Å². The Morgan fingerprint density at radius 3 is 3.00 bits per heavy atom. The summed E-state index contributed by atoms with van der Waals surface area (Å²) in [4.78, 5) is 6.60. The molecule has 2 rings (SSSR count). The van der Waals surface area contributed by atoms with Crippen LogP contribution in [0.4, 0.5) is 0 Å². The van der Waals surface area contributed by atoms with Gasteiger partial charge in [-0.15, -0.1) is 0 Å². The van der Waals surface area contributed by atoms with E-state index in [1.807, 2.05) is 4.57 Å². The van der Waals surface area contributed by atoms with Crippen LogP contribution in [0.2, 0.25) is 0 Å². The minimum Gasteiger partial charge on any atom is -0.394 e. The first kappa shape index (κ1) is 12.5. The number of likely N-dealkylation sites (N-methyl/N-ethyl adjacent to an activating group) is 1. The second-order valence-corrected chi connectivity index (χ2v) is 4.66. The van der Waals surface area contributed by atoms with Crippen molar-refractivity contribution >= 4 is 0 Å². The number of aliphatic hydroxyl groups is 1. The fraction of sp³-hybridized carbons (Fsp3) is 0.750. The van der Waals surface area contributed by atoms with E-state index in [2.05, 4.69) is 16.8 Å². The van der Waals surface area contributed by atoms with Crippen LogP contribution in [0.25, 0.3) is 0 Å². The summed E-state index contributed by atoms with van der Waals surface area (Å²) in [5.41, 5.74) is 6.74. The normalized spacial score (nSPS) is 17.6. The van der Waals surface area contributed by atoms with E-state index in [1.165, 1.54) is 12.8 Å². The summed E-state index contributed by atoms with van der Waals surface area (Å²) < 4.78 is 2.05. The molecule has 1 aliphatic carbocycles. The topological polar surface area (TPSA) is 67.3 Å². The molecule has 0 radical (unpaired) electrons. The summed E-state index contributed by atoms with van der Waals surface area (Å²) in [7, 11) is 0. The van der Waals surface area contributed by atoms with Gasteiger partial charge < -0.3 is 15.4 Å². The Morgan fingerprint density at radius 1 is 1.65 bits per heavy atom. The molecule has 96 valence electrons. The SMILES string of the molecule is CCN(CCn1cncc1C(N)CO)C1CC1. The second kappa shape index (κ2) is 5.62. The molecule has 1 saturated carbocycles.